The van der Waals surface area contributed by atoms with Crippen LogP contribution in [0.25, 0.3) is 0 Å². The molecular weight excluding hydrogens is 226 g/mol. The van der Waals surface area contributed by atoms with Crippen LogP contribution in [0.5, 0.6) is 0 Å². The van der Waals surface area contributed by atoms with Crippen LogP contribution in [-0.2, 0) is 0 Å². The molecule has 0 bridgehead atoms. The number of rotatable bonds is 4. The quantitative estimate of drug-likeness (QED) is 0.527. The molecule has 4 nitrogen and oxygen atoms in total. The van der Waals surface area contributed by atoms with E-state index in [1.165, 1.54) is 25.7 Å². The Bertz CT molecular complexity index is 301. The maximum absolute atomic E-state index is 10.1. The number of hydrogen-bond donors (Lipinski definition) is 3. The monoisotopic (exact) mass is 253 g/mol. The van der Waals surface area contributed by atoms with E-state index < -0.39 is 0 Å². The minimum Gasteiger partial charge on any atom is -0.392 e. The molecule has 2 fully saturated rings. The largest absolute Gasteiger partial charge is 0.392 e. The van der Waals surface area contributed by atoms with Gasteiger partial charge in [0.2, 0.25) is 0 Å². The summed E-state index contributed by atoms with van der Waals surface area (Å²) in [6.45, 7) is 3.71. The van der Waals surface area contributed by atoms with Gasteiger partial charge in [0.1, 0.15) is 0 Å². The first-order chi connectivity index (χ1) is 8.60. The highest BCUT2D eigenvalue weighted by atomic mass is 16.3. The molecule has 18 heavy (non-hydrogen) atoms. The second kappa shape index (κ2) is 5.91. The first-order valence-electron chi connectivity index (χ1n) is 7.32. The minimum absolute atomic E-state index is 0.0823. The van der Waals surface area contributed by atoms with E-state index in [1.807, 2.05) is 0 Å². The van der Waals surface area contributed by atoms with Gasteiger partial charge in [-0.05, 0) is 31.6 Å². The van der Waals surface area contributed by atoms with E-state index in [1.54, 1.807) is 0 Å². The predicted molar refractivity (Wildman–Crippen MR) is 74.4 cm³/mol. The fourth-order valence-corrected chi connectivity index (χ4v) is 2.83. The average molecular weight is 253 g/mol. The Hall–Kier alpha value is -0.770. The molecule has 2 rings (SSSR count). The lowest BCUT2D eigenvalue weighted by atomic mass is 9.73. The Morgan fingerprint density at radius 3 is 2.72 bits per heavy atom. The smallest absolute Gasteiger partial charge is 0.188 e. The zero-order valence-corrected chi connectivity index (χ0v) is 11.5. The molecule has 104 valence electrons. The van der Waals surface area contributed by atoms with E-state index in [0.717, 1.165) is 31.7 Å². The summed E-state index contributed by atoms with van der Waals surface area (Å²) in [5.41, 5.74) is 5.80. The van der Waals surface area contributed by atoms with E-state index >= 15 is 0 Å². The van der Waals surface area contributed by atoms with Crippen molar-refractivity contribution in [1.82, 2.24) is 5.32 Å². The van der Waals surface area contributed by atoms with Gasteiger partial charge in [-0.1, -0.05) is 26.2 Å². The predicted octanol–water partition coefficient (Wildman–Crippen LogP) is 1.63. The Morgan fingerprint density at radius 2 is 2.11 bits per heavy atom. The molecule has 4 heteroatoms. The molecular formula is C14H27N3O. The van der Waals surface area contributed by atoms with E-state index in [-0.39, 0.29) is 11.5 Å². The maximum Gasteiger partial charge on any atom is 0.188 e. The normalized spacial score (nSPS) is 34.1. The van der Waals surface area contributed by atoms with E-state index in [4.69, 9.17) is 5.73 Å². The number of aliphatic hydroxyl groups excluding tert-OH is 1. The Kier molecular flexibility index (Phi) is 4.49. The molecule has 0 radical (unpaired) electrons. The first-order valence-corrected chi connectivity index (χ1v) is 7.32. The molecule has 2 aliphatic rings. The lowest BCUT2D eigenvalue weighted by Crippen LogP contribution is -2.41. The Morgan fingerprint density at radius 1 is 1.33 bits per heavy atom. The van der Waals surface area contributed by atoms with Crippen molar-refractivity contribution in [2.24, 2.45) is 22.1 Å². The fourth-order valence-electron chi connectivity index (χ4n) is 2.83. The second-order valence-corrected chi connectivity index (χ2v) is 6.29. The van der Waals surface area contributed by atoms with Crippen LogP contribution in [0.2, 0.25) is 0 Å². The molecule has 2 unspecified atom stereocenters. The number of guanidine groups is 1. The first kappa shape index (κ1) is 13.7. The molecule has 0 aliphatic heterocycles. The summed E-state index contributed by atoms with van der Waals surface area (Å²) in [6.07, 6.45) is 8.04. The molecule has 4 N–H and O–H groups in total. The molecule has 2 saturated carbocycles. The summed E-state index contributed by atoms with van der Waals surface area (Å²) >= 11 is 0. The highest BCUT2D eigenvalue weighted by Crippen LogP contribution is 2.36. The third-order valence-corrected chi connectivity index (χ3v) is 4.69. The summed E-state index contributed by atoms with van der Waals surface area (Å²) in [6, 6.07) is 0. The van der Waals surface area contributed by atoms with Crippen LogP contribution < -0.4 is 11.1 Å². The number of nitrogens with zero attached hydrogens (tertiary/aromatic N) is 1. The van der Waals surface area contributed by atoms with Crippen LogP contribution in [0.15, 0.2) is 4.99 Å². The van der Waals surface area contributed by atoms with Crippen LogP contribution in [0.4, 0.5) is 0 Å². The zero-order chi connectivity index (χ0) is 13.0. The topological polar surface area (TPSA) is 70.6 Å². The van der Waals surface area contributed by atoms with Crippen LogP contribution >= 0.6 is 0 Å². The van der Waals surface area contributed by atoms with Crippen molar-refractivity contribution in [2.75, 3.05) is 13.1 Å². The van der Waals surface area contributed by atoms with Crippen molar-refractivity contribution < 1.29 is 5.11 Å². The highest BCUT2D eigenvalue weighted by Gasteiger charge is 2.35. The van der Waals surface area contributed by atoms with Crippen molar-refractivity contribution in [3.05, 3.63) is 0 Å². The zero-order valence-electron chi connectivity index (χ0n) is 11.5. The van der Waals surface area contributed by atoms with Crippen molar-refractivity contribution in [3.63, 3.8) is 0 Å². The van der Waals surface area contributed by atoms with Crippen LogP contribution in [-0.4, -0.2) is 30.3 Å². The number of aliphatic hydroxyl groups is 1. The second-order valence-electron chi connectivity index (χ2n) is 6.29. The van der Waals surface area contributed by atoms with Gasteiger partial charge >= 0.3 is 0 Å². The van der Waals surface area contributed by atoms with Gasteiger partial charge in [-0.3, -0.25) is 4.99 Å². The molecule has 0 aromatic carbocycles. The molecule has 0 spiro atoms. The third kappa shape index (κ3) is 3.37. The average Bonchev–Trinajstić information content (AvgIpc) is 2.29. The SMILES string of the molecule is CC1(CN=C(N)NCC2CCC2)CCCCC1O. The Balaban J connectivity index is 1.76. The molecule has 2 aliphatic carbocycles. The summed E-state index contributed by atoms with van der Waals surface area (Å²) in [4.78, 5) is 4.42. The Labute approximate surface area is 110 Å². The van der Waals surface area contributed by atoms with Gasteiger partial charge in [0, 0.05) is 12.0 Å². The summed E-state index contributed by atoms with van der Waals surface area (Å²) in [5, 5.41) is 13.3. The van der Waals surface area contributed by atoms with Gasteiger partial charge in [-0.2, -0.15) is 0 Å². The number of hydrogen-bond acceptors (Lipinski definition) is 2. The van der Waals surface area contributed by atoms with Gasteiger partial charge in [-0.25, -0.2) is 0 Å². The van der Waals surface area contributed by atoms with Crippen molar-refractivity contribution >= 4 is 5.96 Å². The molecule has 0 aromatic heterocycles. The lowest BCUT2D eigenvalue weighted by Gasteiger charge is -2.37. The van der Waals surface area contributed by atoms with Crippen LogP contribution in [0, 0.1) is 11.3 Å². The molecule has 0 aromatic rings. The summed E-state index contributed by atoms with van der Waals surface area (Å²) < 4.78 is 0. The number of nitrogens with two attached hydrogens (primary N) is 1. The van der Waals surface area contributed by atoms with Crippen molar-refractivity contribution in [3.8, 4) is 0 Å². The summed E-state index contributed by atoms with van der Waals surface area (Å²) in [7, 11) is 0. The molecule has 0 amide bonds. The van der Waals surface area contributed by atoms with Crippen molar-refractivity contribution in [2.45, 2.75) is 58.0 Å². The standard InChI is InChI=1S/C14H27N3O/c1-14(8-3-2-7-12(14)18)10-17-13(15)16-9-11-5-4-6-11/h11-12,18H,2-10H2,1H3,(H3,15,16,17). The van der Waals surface area contributed by atoms with E-state index in [2.05, 4.69) is 17.2 Å². The molecule has 2 atom stereocenters. The number of nitrogens with one attached hydrogen (secondary N) is 1. The van der Waals surface area contributed by atoms with Gasteiger partial charge in [0.15, 0.2) is 5.96 Å². The minimum atomic E-state index is -0.227. The van der Waals surface area contributed by atoms with Gasteiger partial charge < -0.3 is 16.2 Å². The van der Waals surface area contributed by atoms with Crippen LogP contribution in [0.1, 0.15) is 51.9 Å². The molecule has 0 saturated heterocycles. The fraction of sp³-hybridized carbons (Fsp3) is 0.929. The maximum atomic E-state index is 10.1. The van der Waals surface area contributed by atoms with Gasteiger partial charge in [-0.15, -0.1) is 0 Å². The molecule has 0 heterocycles. The lowest BCUT2D eigenvalue weighted by molar-refractivity contribution is 0.00719. The van der Waals surface area contributed by atoms with Crippen molar-refractivity contribution in [1.29, 1.82) is 0 Å². The van der Waals surface area contributed by atoms with E-state index in [0.29, 0.717) is 12.5 Å². The highest BCUT2D eigenvalue weighted by molar-refractivity contribution is 5.77. The number of aliphatic imine (C=N–C) groups is 1. The van der Waals surface area contributed by atoms with Gasteiger partial charge in [0.25, 0.3) is 0 Å². The third-order valence-electron chi connectivity index (χ3n) is 4.69. The summed E-state index contributed by atoms with van der Waals surface area (Å²) in [5.74, 6) is 1.33. The van der Waals surface area contributed by atoms with Gasteiger partial charge in [0.05, 0.1) is 12.6 Å². The van der Waals surface area contributed by atoms with E-state index in [9.17, 15) is 5.11 Å². The van der Waals surface area contributed by atoms with Crippen LogP contribution in [0.3, 0.4) is 0 Å².